The van der Waals surface area contributed by atoms with E-state index in [1.54, 1.807) is 10.6 Å². The molecule has 0 saturated heterocycles. The summed E-state index contributed by atoms with van der Waals surface area (Å²) in [7, 11) is 0. The van der Waals surface area contributed by atoms with Crippen molar-refractivity contribution in [2.45, 2.75) is 33.2 Å². The van der Waals surface area contributed by atoms with Gasteiger partial charge in [-0.2, -0.15) is 0 Å². The van der Waals surface area contributed by atoms with Crippen LogP contribution < -0.4 is 5.56 Å². The molecule has 3 nitrogen and oxygen atoms in total. The minimum Gasteiger partial charge on any atom is -0.507 e. The van der Waals surface area contributed by atoms with E-state index in [1.165, 1.54) is 0 Å². The number of aromatic hydroxyl groups is 1. The van der Waals surface area contributed by atoms with E-state index in [4.69, 9.17) is 0 Å². The van der Waals surface area contributed by atoms with Gasteiger partial charge in [-0.1, -0.05) is 43.7 Å². The zero-order valence-electron chi connectivity index (χ0n) is 11.4. The molecule has 0 aliphatic heterocycles. The standard InChI is InChI=1S/C16H19NO2/c1-3-4-10-17-12(2)11-14(18)15(16(17)19)13-8-6-5-7-9-13/h5-9,11,18H,3-4,10H2,1-2H3. The molecule has 0 bridgehead atoms. The normalized spacial score (nSPS) is 10.6. The zero-order chi connectivity index (χ0) is 13.8. The van der Waals surface area contributed by atoms with Gasteiger partial charge >= 0.3 is 0 Å². The average molecular weight is 257 g/mol. The highest BCUT2D eigenvalue weighted by atomic mass is 16.3. The van der Waals surface area contributed by atoms with Gasteiger partial charge in [0, 0.05) is 18.3 Å². The molecule has 0 aliphatic rings. The van der Waals surface area contributed by atoms with Crippen LogP contribution in [0.5, 0.6) is 5.75 Å². The Kier molecular flexibility index (Phi) is 4.05. The lowest BCUT2D eigenvalue weighted by molar-refractivity contribution is 0.470. The van der Waals surface area contributed by atoms with E-state index in [9.17, 15) is 9.90 Å². The van der Waals surface area contributed by atoms with E-state index in [-0.39, 0.29) is 11.3 Å². The predicted molar refractivity (Wildman–Crippen MR) is 77.4 cm³/mol. The van der Waals surface area contributed by atoms with Crippen molar-refractivity contribution in [3.63, 3.8) is 0 Å². The van der Waals surface area contributed by atoms with Crippen LogP contribution in [0.2, 0.25) is 0 Å². The Labute approximate surface area is 113 Å². The molecule has 1 aromatic carbocycles. The summed E-state index contributed by atoms with van der Waals surface area (Å²) in [6.45, 7) is 4.64. The molecule has 1 N–H and O–H groups in total. The Morgan fingerprint density at radius 1 is 1.21 bits per heavy atom. The second kappa shape index (κ2) is 5.74. The molecule has 0 amide bonds. The number of hydrogen-bond donors (Lipinski definition) is 1. The smallest absolute Gasteiger partial charge is 0.262 e. The summed E-state index contributed by atoms with van der Waals surface area (Å²) in [5, 5.41) is 10.1. The number of rotatable bonds is 4. The summed E-state index contributed by atoms with van der Waals surface area (Å²) in [5.41, 5.74) is 1.84. The van der Waals surface area contributed by atoms with E-state index in [0.29, 0.717) is 12.1 Å². The maximum absolute atomic E-state index is 12.5. The van der Waals surface area contributed by atoms with Crippen LogP contribution in [0.25, 0.3) is 11.1 Å². The van der Waals surface area contributed by atoms with E-state index in [1.807, 2.05) is 37.3 Å². The fourth-order valence-electron chi connectivity index (χ4n) is 2.22. The van der Waals surface area contributed by atoms with Crippen molar-refractivity contribution in [1.29, 1.82) is 0 Å². The summed E-state index contributed by atoms with van der Waals surface area (Å²) in [6.07, 6.45) is 1.99. The third-order valence-electron chi connectivity index (χ3n) is 3.28. The van der Waals surface area contributed by atoms with Crippen LogP contribution in [0, 0.1) is 6.92 Å². The van der Waals surface area contributed by atoms with Crippen LogP contribution in [0.1, 0.15) is 25.5 Å². The minimum absolute atomic E-state index is 0.0569. The lowest BCUT2D eigenvalue weighted by atomic mass is 10.1. The van der Waals surface area contributed by atoms with E-state index in [0.717, 1.165) is 24.1 Å². The molecule has 0 unspecified atom stereocenters. The summed E-state index contributed by atoms with van der Waals surface area (Å²) < 4.78 is 1.74. The molecule has 3 heteroatoms. The molecule has 2 rings (SSSR count). The average Bonchev–Trinajstić information content (AvgIpc) is 2.39. The molecule has 0 aliphatic carbocycles. The molecule has 1 aromatic heterocycles. The maximum Gasteiger partial charge on any atom is 0.262 e. The van der Waals surface area contributed by atoms with E-state index in [2.05, 4.69) is 6.92 Å². The van der Waals surface area contributed by atoms with Gasteiger partial charge in [0.05, 0.1) is 5.56 Å². The van der Waals surface area contributed by atoms with Crippen LogP contribution in [0.3, 0.4) is 0 Å². The molecule has 19 heavy (non-hydrogen) atoms. The molecular formula is C16H19NO2. The number of aryl methyl sites for hydroxylation is 1. The fraction of sp³-hybridized carbons (Fsp3) is 0.312. The van der Waals surface area contributed by atoms with Crippen molar-refractivity contribution in [1.82, 2.24) is 4.57 Å². The van der Waals surface area contributed by atoms with Crippen LogP contribution >= 0.6 is 0 Å². The van der Waals surface area contributed by atoms with Crippen molar-refractivity contribution < 1.29 is 5.11 Å². The van der Waals surface area contributed by atoms with Gasteiger partial charge in [0.25, 0.3) is 5.56 Å². The fourth-order valence-corrected chi connectivity index (χ4v) is 2.22. The molecule has 0 saturated carbocycles. The summed E-state index contributed by atoms with van der Waals surface area (Å²) >= 11 is 0. The Morgan fingerprint density at radius 2 is 1.89 bits per heavy atom. The van der Waals surface area contributed by atoms with Gasteiger partial charge in [0.2, 0.25) is 0 Å². The molecule has 1 heterocycles. The van der Waals surface area contributed by atoms with E-state index < -0.39 is 0 Å². The number of nitrogens with zero attached hydrogens (tertiary/aromatic N) is 1. The van der Waals surface area contributed by atoms with Crippen LogP contribution in [-0.4, -0.2) is 9.67 Å². The third kappa shape index (κ3) is 2.70. The topological polar surface area (TPSA) is 42.2 Å². The number of unbranched alkanes of at least 4 members (excludes halogenated alkanes) is 1. The summed E-state index contributed by atoms with van der Waals surface area (Å²) in [4.78, 5) is 12.5. The Bertz CT molecular complexity index is 615. The molecule has 100 valence electrons. The summed E-state index contributed by atoms with van der Waals surface area (Å²) in [5.74, 6) is 0.0569. The molecule has 0 fully saturated rings. The highest BCUT2D eigenvalue weighted by molar-refractivity contribution is 5.69. The SMILES string of the molecule is CCCCn1c(C)cc(O)c(-c2ccccc2)c1=O. The van der Waals surface area contributed by atoms with Crippen molar-refractivity contribution in [3.8, 4) is 16.9 Å². The van der Waals surface area contributed by atoms with Crippen molar-refractivity contribution in [2.24, 2.45) is 0 Å². The van der Waals surface area contributed by atoms with Crippen LogP contribution in [0.15, 0.2) is 41.2 Å². The van der Waals surface area contributed by atoms with Crippen molar-refractivity contribution in [3.05, 3.63) is 52.4 Å². The Morgan fingerprint density at radius 3 is 2.53 bits per heavy atom. The zero-order valence-corrected chi connectivity index (χ0v) is 11.4. The lowest BCUT2D eigenvalue weighted by Gasteiger charge is -2.13. The Hall–Kier alpha value is -2.03. The molecular weight excluding hydrogens is 238 g/mol. The highest BCUT2D eigenvalue weighted by Gasteiger charge is 2.13. The number of pyridine rings is 1. The molecule has 0 atom stereocenters. The van der Waals surface area contributed by atoms with Gasteiger partial charge in [-0.25, -0.2) is 0 Å². The van der Waals surface area contributed by atoms with Gasteiger partial charge in [-0.3, -0.25) is 4.79 Å². The predicted octanol–water partition coefficient (Wildman–Crippen LogP) is 3.33. The lowest BCUT2D eigenvalue weighted by Crippen LogP contribution is -2.23. The second-order valence-electron chi connectivity index (χ2n) is 4.72. The quantitative estimate of drug-likeness (QED) is 0.912. The first kappa shape index (κ1) is 13.4. The number of aromatic nitrogens is 1. The summed E-state index contributed by atoms with van der Waals surface area (Å²) in [6, 6.07) is 11.0. The molecule has 2 aromatic rings. The van der Waals surface area contributed by atoms with Crippen molar-refractivity contribution >= 4 is 0 Å². The Balaban J connectivity index is 2.59. The third-order valence-corrected chi connectivity index (χ3v) is 3.28. The molecule has 0 radical (unpaired) electrons. The van der Waals surface area contributed by atoms with Gasteiger partial charge in [-0.15, -0.1) is 0 Å². The van der Waals surface area contributed by atoms with Crippen LogP contribution in [-0.2, 0) is 6.54 Å². The van der Waals surface area contributed by atoms with Crippen molar-refractivity contribution in [2.75, 3.05) is 0 Å². The number of benzene rings is 1. The van der Waals surface area contributed by atoms with Crippen LogP contribution in [0.4, 0.5) is 0 Å². The first-order valence-electron chi connectivity index (χ1n) is 6.64. The monoisotopic (exact) mass is 257 g/mol. The molecule has 0 spiro atoms. The van der Waals surface area contributed by atoms with Gasteiger partial charge in [-0.05, 0) is 18.9 Å². The highest BCUT2D eigenvalue weighted by Crippen LogP contribution is 2.26. The largest absolute Gasteiger partial charge is 0.507 e. The van der Waals surface area contributed by atoms with Gasteiger partial charge in [0.1, 0.15) is 5.75 Å². The first-order chi connectivity index (χ1) is 9.15. The first-order valence-corrected chi connectivity index (χ1v) is 6.64. The van der Waals surface area contributed by atoms with Gasteiger partial charge in [0.15, 0.2) is 0 Å². The minimum atomic E-state index is -0.114. The van der Waals surface area contributed by atoms with E-state index >= 15 is 0 Å². The second-order valence-corrected chi connectivity index (χ2v) is 4.72. The maximum atomic E-state index is 12.5. The number of hydrogen-bond acceptors (Lipinski definition) is 2. The van der Waals surface area contributed by atoms with Gasteiger partial charge < -0.3 is 9.67 Å².